The number of ether oxygens (including phenoxy) is 8. The number of carbonyl (C=O) groups excluding carboxylic acids is 3. The maximum atomic E-state index is 12.0. The number of carbonyl (C=O) groups is 3. The lowest BCUT2D eigenvalue weighted by molar-refractivity contribution is -0.362. The molecule has 0 amide bonds. The Morgan fingerprint density at radius 2 is 1.24 bits per heavy atom. The first-order chi connectivity index (χ1) is 22.0. The summed E-state index contributed by atoms with van der Waals surface area (Å²) in [7, 11) is 0. The van der Waals surface area contributed by atoms with Gasteiger partial charge in [-0.1, -0.05) is 60.7 Å². The largest absolute Gasteiger partial charge is 0.463 e. The lowest BCUT2D eigenvalue weighted by Crippen LogP contribution is -2.66. The third kappa shape index (κ3) is 9.77. The maximum Gasteiger partial charge on any atom is 0.303 e. The number of esters is 3. The van der Waals surface area contributed by atoms with E-state index in [4.69, 9.17) is 37.9 Å². The second-order valence-electron chi connectivity index (χ2n) is 10.9. The summed E-state index contributed by atoms with van der Waals surface area (Å²) in [6, 6.07) is 18.3. The minimum atomic E-state index is -1.77. The van der Waals surface area contributed by atoms with Gasteiger partial charge in [-0.2, -0.15) is 0 Å². The first-order valence-corrected chi connectivity index (χ1v) is 14.8. The van der Waals surface area contributed by atoms with Crippen molar-refractivity contribution in [2.45, 2.75) is 95.4 Å². The van der Waals surface area contributed by atoms with E-state index in [2.05, 4.69) is 0 Å². The van der Waals surface area contributed by atoms with Crippen LogP contribution in [-0.4, -0.2) is 108 Å². The van der Waals surface area contributed by atoms with Crippen LogP contribution in [0.1, 0.15) is 31.9 Å². The van der Waals surface area contributed by atoms with Gasteiger partial charge in [0.1, 0.15) is 43.2 Å². The topological polar surface area (TPSA) is 186 Å². The molecule has 46 heavy (non-hydrogen) atoms. The smallest absolute Gasteiger partial charge is 0.303 e. The van der Waals surface area contributed by atoms with E-state index < -0.39 is 85.9 Å². The van der Waals surface area contributed by atoms with E-state index in [1.807, 2.05) is 36.4 Å². The molecule has 2 saturated heterocycles. The summed E-state index contributed by atoms with van der Waals surface area (Å²) < 4.78 is 45.1. The molecule has 0 radical (unpaired) electrons. The molecule has 0 unspecified atom stereocenters. The van der Waals surface area contributed by atoms with Crippen LogP contribution in [0.2, 0.25) is 0 Å². The van der Waals surface area contributed by atoms with E-state index in [1.165, 1.54) is 0 Å². The van der Waals surface area contributed by atoms with Crippen molar-refractivity contribution in [3.8, 4) is 0 Å². The minimum absolute atomic E-state index is 0.00142. The number of aliphatic hydroxyl groups excluding tert-OH is 3. The molecule has 0 aliphatic carbocycles. The van der Waals surface area contributed by atoms with E-state index in [9.17, 15) is 29.7 Å². The number of hydrogen-bond acceptors (Lipinski definition) is 14. The highest BCUT2D eigenvalue weighted by molar-refractivity contribution is 5.67. The minimum Gasteiger partial charge on any atom is -0.463 e. The van der Waals surface area contributed by atoms with Crippen LogP contribution in [0.4, 0.5) is 0 Å². The monoisotopic (exact) mass is 648 g/mol. The molecule has 2 aromatic carbocycles. The summed E-state index contributed by atoms with van der Waals surface area (Å²) in [5, 5.41) is 33.8. The summed E-state index contributed by atoms with van der Waals surface area (Å²) in [5.74, 6) is -2.26. The Morgan fingerprint density at radius 1 is 0.652 bits per heavy atom. The van der Waals surface area contributed by atoms with Crippen molar-refractivity contribution in [2.24, 2.45) is 0 Å². The zero-order valence-electron chi connectivity index (χ0n) is 25.7. The van der Waals surface area contributed by atoms with Crippen molar-refractivity contribution < 1.29 is 67.6 Å². The molecule has 14 heteroatoms. The van der Waals surface area contributed by atoms with Crippen LogP contribution in [0.3, 0.4) is 0 Å². The fourth-order valence-electron chi connectivity index (χ4n) is 5.17. The second-order valence-corrected chi connectivity index (χ2v) is 10.9. The number of hydrogen-bond donors (Lipinski definition) is 3. The van der Waals surface area contributed by atoms with Crippen LogP contribution in [0, 0.1) is 0 Å². The molecule has 2 aliphatic rings. The highest BCUT2D eigenvalue weighted by Gasteiger charge is 2.54. The molecule has 2 fully saturated rings. The predicted octanol–water partition coefficient (Wildman–Crippen LogP) is 0.764. The summed E-state index contributed by atoms with van der Waals surface area (Å²) in [6.07, 6.45) is -14.5. The standard InChI is InChI=1S/C32H40O14/c1-18(33)40-17-24-27(42-19(2)34)29(43-20(3)35)26(37)32(45-24)46-28-25(36)23(16-39-14-21-10-6-4-7-11-21)44-31(38)30(28)41-15-22-12-8-5-9-13-22/h4-13,23-32,36-38H,14-17H2,1-3H3/t23-,24-,25-,26-,27+,28+,29-,30-,31+,32-/m1/s1. The normalized spacial score (nSPS) is 31.1. The first kappa shape index (κ1) is 35.4. The van der Waals surface area contributed by atoms with Gasteiger partial charge in [-0.3, -0.25) is 14.4 Å². The molecule has 10 atom stereocenters. The van der Waals surface area contributed by atoms with Gasteiger partial charge in [0, 0.05) is 20.8 Å². The van der Waals surface area contributed by atoms with Gasteiger partial charge in [-0.15, -0.1) is 0 Å². The average molecular weight is 649 g/mol. The fourth-order valence-corrected chi connectivity index (χ4v) is 5.17. The molecular weight excluding hydrogens is 608 g/mol. The van der Waals surface area contributed by atoms with Crippen molar-refractivity contribution in [1.82, 2.24) is 0 Å². The van der Waals surface area contributed by atoms with Gasteiger partial charge in [-0.05, 0) is 11.1 Å². The summed E-state index contributed by atoms with van der Waals surface area (Å²) in [6.45, 7) is 2.96. The van der Waals surface area contributed by atoms with Gasteiger partial charge in [-0.25, -0.2) is 0 Å². The van der Waals surface area contributed by atoms with Gasteiger partial charge in [0.05, 0.1) is 19.8 Å². The van der Waals surface area contributed by atoms with Gasteiger partial charge >= 0.3 is 17.9 Å². The predicted molar refractivity (Wildman–Crippen MR) is 155 cm³/mol. The molecule has 0 spiro atoms. The highest BCUT2D eigenvalue weighted by Crippen LogP contribution is 2.33. The summed E-state index contributed by atoms with van der Waals surface area (Å²) in [4.78, 5) is 35.5. The lowest BCUT2D eigenvalue weighted by Gasteiger charge is -2.47. The van der Waals surface area contributed by atoms with E-state index in [-0.39, 0.29) is 19.8 Å². The molecule has 4 rings (SSSR count). The Kier molecular flexibility index (Phi) is 13.0. The molecule has 2 aliphatic heterocycles. The Balaban J connectivity index is 1.58. The van der Waals surface area contributed by atoms with Crippen molar-refractivity contribution in [1.29, 1.82) is 0 Å². The Morgan fingerprint density at radius 3 is 1.83 bits per heavy atom. The van der Waals surface area contributed by atoms with E-state index in [0.29, 0.717) is 0 Å². The van der Waals surface area contributed by atoms with Crippen LogP contribution in [0.5, 0.6) is 0 Å². The molecule has 2 heterocycles. The third-order valence-corrected chi connectivity index (χ3v) is 7.28. The molecule has 252 valence electrons. The van der Waals surface area contributed by atoms with Crippen LogP contribution in [0.15, 0.2) is 60.7 Å². The van der Waals surface area contributed by atoms with Crippen LogP contribution >= 0.6 is 0 Å². The average Bonchev–Trinajstić information content (AvgIpc) is 3.02. The zero-order chi connectivity index (χ0) is 33.2. The first-order valence-electron chi connectivity index (χ1n) is 14.8. The Bertz CT molecular complexity index is 1260. The molecule has 14 nitrogen and oxygen atoms in total. The molecule has 0 bridgehead atoms. The second kappa shape index (κ2) is 16.9. The molecule has 2 aromatic rings. The Labute approximate surface area is 266 Å². The van der Waals surface area contributed by atoms with Crippen LogP contribution < -0.4 is 0 Å². The van der Waals surface area contributed by atoms with Gasteiger partial charge < -0.3 is 53.2 Å². The highest BCUT2D eigenvalue weighted by atomic mass is 16.7. The molecule has 3 N–H and O–H groups in total. The molecule has 0 aromatic heterocycles. The lowest BCUT2D eigenvalue weighted by atomic mass is 9.96. The quantitative estimate of drug-likeness (QED) is 0.204. The van der Waals surface area contributed by atoms with Crippen molar-refractivity contribution >= 4 is 17.9 Å². The summed E-state index contributed by atoms with van der Waals surface area (Å²) in [5.41, 5.74) is 1.63. The maximum absolute atomic E-state index is 12.0. The van der Waals surface area contributed by atoms with Gasteiger partial charge in [0.2, 0.25) is 0 Å². The van der Waals surface area contributed by atoms with Gasteiger partial charge in [0.25, 0.3) is 0 Å². The SMILES string of the molecule is CC(=O)OC[C@H]1O[C@H](O[C@H]2[C@H](O)[C@@H](COCc3ccccc3)O[C@H](O)[C@@H]2OCc2ccccc2)[C@H](O)[C@@H](OC(C)=O)[C@H]1OC(C)=O. The summed E-state index contributed by atoms with van der Waals surface area (Å²) >= 11 is 0. The van der Waals surface area contributed by atoms with Crippen LogP contribution in [-0.2, 0) is 65.5 Å². The molecule has 0 saturated carbocycles. The third-order valence-electron chi connectivity index (χ3n) is 7.28. The molecular formula is C32H40O14. The van der Waals surface area contributed by atoms with E-state index >= 15 is 0 Å². The zero-order valence-corrected chi connectivity index (χ0v) is 25.7. The van der Waals surface area contributed by atoms with Crippen molar-refractivity contribution in [2.75, 3.05) is 13.2 Å². The van der Waals surface area contributed by atoms with Crippen molar-refractivity contribution in [3.63, 3.8) is 0 Å². The Hall–Kier alpha value is -3.47. The van der Waals surface area contributed by atoms with E-state index in [0.717, 1.165) is 31.9 Å². The van der Waals surface area contributed by atoms with Gasteiger partial charge in [0.15, 0.2) is 24.8 Å². The van der Waals surface area contributed by atoms with Crippen LogP contribution in [0.25, 0.3) is 0 Å². The number of aliphatic hydroxyl groups is 3. The number of benzene rings is 2. The fraction of sp³-hybridized carbons (Fsp3) is 0.531. The van der Waals surface area contributed by atoms with E-state index in [1.54, 1.807) is 24.3 Å². The van der Waals surface area contributed by atoms with Crippen molar-refractivity contribution in [3.05, 3.63) is 71.8 Å². The number of rotatable bonds is 13.